The molecule has 0 fully saturated rings. The van der Waals surface area contributed by atoms with E-state index in [-0.39, 0.29) is 5.84 Å². The van der Waals surface area contributed by atoms with Crippen LogP contribution in [0.15, 0.2) is 24.3 Å². The molecule has 0 saturated heterocycles. The van der Waals surface area contributed by atoms with Crippen LogP contribution in [0.2, 0.25) is 0 Å². The SMILES string of the molecule is CC(C)CN(CCC(=N)N)CC1COc2ccccc21. The molecule has 0 bridgehead atoms. The number of nitrogens with two attached hydrogens (primary N) is 1. The van der Waals surface area contributed by atoms with Crippen molar-refractivity contribution in [1.29, 1.82) is 5.41 Å². The largest absolute Gasteiger partial charge is 0.493 e. The second-order valence-electron chi connectivity index (χ2n) is 5.97. The molecule has 20 heavy (non-hydrogen) atoms. The van der Waals surface area contributed by atoms with Crippen LogP contribution in [-0.4, -0.2) is 37.0 Å². The molecule has 1 atom stereocenters. The van der Waals surface area contributed by atoms with Gasteiger partial charge in [-0.15, -0.1) is 0 Å². The van der Waals surface area contributed by atoms with E-state index in [1.165, 1.54) is 5.56 Å². The highest BCUT2D eigenvalue weighted by Gasteiger charge is 2.25. The number of ether oxygens (including phenoxy) is 1. The maximum atomic E-state index is 7.40. The second kappa shape index (κ2) is 6.75. The van der Waals surface area contributed by atoms with Crippen molar-refractivity contribution in [2.45, 2.75) is 26.2 Å². The lowest BCUT2D eigenvalue weighted by molar-refractivity contribution is 0.217. The summed E-state index contributed by atoms with van der Waals surface area (Å²) < 4.78 is 5.75. The van der Waals surface area contributed by atoms with Gasteiger partial charge in [0.05, 0.1) is 12.4 Å². The quantitative estimate of drug-likeness (QED) is 0.593. The maximum absolute atomic E-state index is 7.40. The molecule has 0 radical (unpaired) electrons. The first-order chi connectivity index (χ1) is 9.56. The number of hydrogen-bond acceptors (Lipinski definition) is 3. The molecule has 2 rings (SSSR count). The van der Waals surface area contributed by atoms with E-state index < -0.39 is 0 Å². The van der Waals surface area contributed by atoms with Crippen molar-refractivity contribution >= 4 is 5.84 Å². The zero-order valence-corrected chi connectivity index (χ0v) is 12.4. The summed E-state index contributed by atoms with van der Waals surface area (Å²) >= 11 is 0. The summed E-state index contributed by atoms with van der Waals surface area (Å²) in [5, 5.41) is 7.40. The van der Waals surface area contributed by atoms with Gasteiger partial charge in [0.2, 0.25) is 0 Å². The monoisotopic (exact) mass is 275 g/mol. The molecule has 0 saturated carbocycles. The van der Waals surface area contributed by atoms with Crippen molar-refractivity contribution in [3.63, 3.8) is 0 Å². The first-order valence-corrected chi connectivity index (χ1v) is 7.33. The van der Waals surface area contributed by atoms with Crippen LogP contribution in [0, 0.1) is 11.3 Å². The van der Waals surface area contributed by atoms with E-state index in [4.69, 9.17) is 15.9 Å². The highest BCUT2D eigenvalue weighted by atomic mass is 16.5. The summed E-state index contributed by atoms with van der Waals surface area (Å²) in [6.45, 7) is 8.06. The second-order valence-corrected chi connectivity index (χ2v) is 5.97. The number of benzene rings is 1. The normalized spacial score (nSPS) is 17.3. The number of nitrogens with one attached hydrogen (secondary N) is 1. The maximum Gasteiger partial charge on any atom is 0.122 e. The lowest BCUT2D eigenvalue weighted by Gasteiger charge is -2.26. The predicted molar refractivity (Wildman–Crippen MR) is 82.5 cm³/mol. The van der Waals surface area contributed by atoms with Gasteiger partial charge in [-0.2, -0.15) is 0 Å². The molecule has 1 unspecified atom stereocenters. The zero-order valence-electron chi connectivity index (χ0n) is 12.4. The van der Waals surface area contributed by atoms with Gasteiger partial charge < -0.3 is 15.4 Å². The van der Waals surface area contributed by atoms with E-state index in [0.717, 1.165) is 32.0 Å². The summed E-state index contributed by atoms with van der Waals surface area (Å²) in [7, 11) is 0. The summed E-state index contributed by atoms with van der Waals surface area (Å²) in [4.78, 5) is 2.40. The predicted octanol–water partition coefficient (Wildman–Crippen LogP) is 2.45. The van der Waals surface area contributed by atoms with Crippen LogP contribution in [0.3, 0.4) is 0 Å². The molecule has 1 aliphatic heterocycles. The van der Waals surface area contributed by atoms with E-state index in [2.05, 4.69) is 30.9 Å². The molecule has 1 aromatic carbocycles. The Morgan fingerprint density at radius 1 is 1.45 bits per heavy atom. The Balaban J connectivity index is 1.99. The summed E-state index contributed by atoms with van der Waals surface area (Å²) in [5.41, 5.74) is 6.80. The smallest absolute Gasteiger partial charge is 0.122 e. The van der Waals surface area contributed by atoms with Crippen LogP contribution in [0.25, 0.3) is 0 Å². The number of fused-ring (bicyclic) bond motifs is 1. The first-order valence-electron chi connectivity index (χ1n) is 7.33. The standard InChI is InChI=1S/C16H25N3O/c1-12(2)9-19(8-7-16(17)18)10-13-11-20-15-6-4-3-5-14(13)15/h3-6,12-13H,7-11H2,1-2H3,(H3,17,18). The molecule has 1 heterocycles. The fraction of sp³-hybridized carbons (Fsp3) is 0.562. The average molecular weight is 275 g/mol. The van der Waals surface area contributed by atoms with Crippen LogP contribution >= 0.6 is 0 Å². The average Bonchev–Trinajstić information content (AvgIpc) is 2.79. The Kier molecular flexibility index (Phi) is 5.01. The van der Waals surface area contributed by atoms with Gasteiger partial charge in [0.15, 0.2) is 0 Å². The molecule has 4 heteroatoms. The lowest BCUT2D eigenvalue weighted by atomic mass is 10.00. The molecule has 0 aromatic heterocycles. The molecule has 3 N–H and O–H groups in total. The Hall–Kier alpha value is -1.55. The molecular formula is C16H25N3O. The minimum atomic E-state index is 0.266. The van der Waals surface area contributed by atoms with Crippen molar-refractivity contribution in [3.8, 4) is 5.75 Å². The number of nitrogens with zero attached hydrogens (tertiary/aromatic N) is 1. The molecule has 110 valence electrons. The zero-order chi connectivity index (χ0) is 14.5. The third-order valence-corrected chi connectivity index (χ3v) is 3.60. The summed E-state index contributed by atoms with van der Waals surface area (Å²) in [6, 6.07) is 8.29. The van der Waals surface area contributed by atoms with Crippen molar-refractivity contribution in [2.24, 2.45) is 11.7 Å². The number of para-hydroxylation sites is 1. The number of amidine groups is 1. The molecule has 1 aliphatic rings. The van der Waals surface area contributed by atoms with Crippen LogP contribution < -0.4 is 10.5 Å². The topological polar surface area (TPSA) is 62.3 Å². The van der Waals surface area contributed by atoms with Gasteiger partial charge in [-0.1, -0.05) is 32.0 Å². The van der Waals surface area contributed by atoms with E-state index in [1.807, 2.05) is 12.1 Å². The fourth-order valence-corrected chi connectivity index (χ4v) is 2.74. The van der Waals surface area contributed by atoms with E-state index in [0.29, 0.717) is 18.3 Å². The van der Waals surface area contributed by atoms with E-state index in [9.17, 15) is 0 Å². The van der Waals surface area contributed by atoms with Crippen molar-refractivity contribution < 1.29 is 4.74 Å². The van der Waals surface area contributed by atoms with Crippen molar-refractivity contribution in [1.82, 2.24) is 4.90 Å². The number of rotatable bonds is 7. The number of hydrogen-bond donors (Lipinski definition) is 2. The summed E-state index contributed by atoms with van der Waals surface area (Å²) in [6.07, 6.45) is 0.641. The molecule has 4 nitrogen and oxygen atoms in total. The van der Waals surface area contributed by atoms with Gasteiger partial charge in [-0.25, -0.2) is 0 Å². The van der Waals surface area contributed by atoms with Crippen molar-refractivity contribution in [3.05, 3.63) is 29.8 Å². The molecule has 0 aliphatic carbocycles. The van der Waals surface area contributed by atoms with Crippen molar-refractivity contribution in [2.75, 3.05) is 26.2 Å². The van der Waals surface area contributed by atoms with Crippen LogP contribution in [0.5, 0.6) is 5.75 Å². The Bertz CT molecular complexity index is 459. The van der Waals surface area contributed by atoms with Gasteiger partial charge >= 0.3 is 0 Å². The third-order valence-electron chi connectivity index (χ3n) is 3.60. The Morgan fingerprint density at radius 3 is 2.90 bits per heavy atom. The van der Waals surface area contributed by atoms with Gasteiger partial charge in [-0.3, -0.25) is 5.41 Å². The van der Waals surface area contributed by atoms with E-state index in [1.54, 1.807) is 0 Å². The minimum absolute atomic E-state index is 0.266. The van der Waals surface area contributed by atoms with Gasteiger partial charge in [0.25, 0.3) is 0 Å². The van der Waals surface area contributed by atoms with E-state index >= 15 is 0 Å². The first kappa shape index (κ1) is 14.9. The molecule has 1 aromatic rings. The van der Waals surface area contributed by atoms with Crippen LogP contribution in [-0.2, 0) is 0 Å². The molecule has 0 amide bonds. The van der Waals surface area contributed by atoms with Crippen LogP contribution in [0.1, 0.15) is 31.7 Å². The third kappa shape index (κ3) is 3.97. The van der Waals surface area contributed by atoms with Gasteiger partial charge in [-0.05, 0) is 12.0 Å². The highest BCUT2D eigenvalue weighted by Crippen LogP contribution is 2.33. The molecule has 0 spiro atoms. The van der Waals surface area contributed by atoms with Crippen LogP contribution in [0.4, 0.5) is 0 Å². The Labute approximate surface area is 121 Å². The fourth-order valence-electron chi connectivity index (χ4n) is 2.74. The summed E-state index contributed by atoms with van der Waals surface area (Å²) in [5.74, 6) is 2.33. The molecular weight excluding hydrogens is 250 g/mol. The lowest BCUT2D eigenvalue weighted by Crippen LogP contribution is -2.35. The Morgan fingerprint density at radius 2 is 2.20 bits per heavy atom. The van der Waals surface area contributed by atoms with Gasteiger partial charge in [0, 0.05) is 37.5 Å². The minimum Gasteiger partial charge on any atom is -0.493 e. The highest BCUT2D eigenvalue weighted by molar-refractivity contribution is 5.76. The van der Waals surface area contributed by atoms with Gasteiger partial charge in [0.1, 0.15) is 5.75 Å².